The van der Waals surface area contributed by atoms with Crippen molar-refractivity contribution in [1.29, 1.82) is 0 Å². The van der Waals surface area contributed by atoms with Gasteiger partial charge in [0.25, 0.3) is 0 Å². The zero-order chi connectivity index (χ0) is 13.7. The van der Waals surface area contributed by atoms with E-state index in [9.17, 15) is 0 Å². The van der Waals surface area contributed by atoms with Crippen molar-refractivity contribution in [3.8, 4) is 0 Å². The maximum Gasteiger partial charge on any atom is 0.161 e. The summed E-state index contributed by atoms with van der Waals surface area (Å²) in [6.45, 7) is 0. The molecule has 1 saturated carbocycles. The van der Waals surface area contributed by atoms with Gasteiger partial charge in [-0.05, 0) is 43.6 Å². The average molecular weight is 290 g/mol. The molecule has 0 spiro atoms. The molecule has 0 radical (unpaired) electrons. The molecular formula is C14H18N4OS. The second kappa shape index (κ2) is 4.65. The number of hydrogen-bond acceptors (Lipinski definition) is 6. The van der Waals surface area contributed by atoms with Crippen LogP contribution in [0.2, 0.25) is 0 Å². The van der Waals surface area contributed by atoms with Crippen LogP contribution in [0.1, 0.15) is 41.6 Å². The highest BCUT2D eigenvalue weighted by molar-refractivity contribution is 7.19. The lowest BCUT2D eigenvalue weighted by Gasteiger charge is -2.14. The van der Waals surface area contributed by atoms with Gasteiger partial charge in [0.2, 0.25) is 0 Å². The van der Waals surface area contributed by atoms with Crippen LogP contribution in [0.5, 0.6) is 0 Å². The number of nitrogens with two attached hydrogens (primary N) is 1. The third-order valence-corrected chi connectivity index (χ3v) is 5.46. The molecule has 4 rings (SSSR count). The fraction of sp³-hybridized carbons (Fsp3) is 0.571. The number of anilines is 1. The minimum Gasteiger partial charge on any atom is -0.373 e. The standard InChI is InChI=1S/C14H18N4OS/c1-19-11(7-5-6-7)13-16-12(18-15)10-8-3-2-4-9(8)20-14(10)17-13/h7,11H,2-6,15H2,1H3,(H,16,17,18). The molecule has 2 aliphatic rings. The van der Waals surface area contributed by atoms with Crippen LogP contribution in [0.3, 0.4) is 0 Å². The summed E-state index contributed by atoms with van der Waals surface area (Å²) in [6, 6.07) is 0. The predicted octanol–water partition coefficient (Wildman–Crippen LogP) is 2.56. The number of hydrazine groups is 1. The summed E-state index contributed by atoms with van der Waals surface area (Å²) >= 11 is 1.79. The van der Waals surface area contributed by atoms with Crippen molar-refractivity contribution in [2.75, 3.05) is 12.5 Å². The molecule has 5 nitrogen and oxygen atoms in total. The van der Waals surface area contributed by atoms with Gasteiger partial charge in [-0.25, -0.2) is 15.8 Å². The lowest BCUT2D eigenvalue weighted by atomic mass is 10.1. The van der Waals surface area contributed by atoms with Crippen LogP contribution in [-0.4, -0.2) is 17.1 Å². The minimum atomic E-state index is 0.00319. The fourth-order valence-electron chi connectivity index (χ4n) is 3.15. The van der Waals surface area contributed by atoms with Crippen molar-refractivity contribution >= 4 is 27.4 Å². The van der Waals surface area contributed by atoms with E-state index < -0.39 is 0 Å². The first-order chi connectivity index (χ1) is 9.81. The first-order valence-corrected chi connectivity index (χ1v) is 7.95. The van der Waals surface area contributed by atoms with E-state index in [-0.39, 0.29) is 6.10 Å². The summed E-state index contributed by atoms with van der Waals surface area (Å²) < 4.78 is 5.60. The Kier molecular flexibility index (Phi) is 2.90. The molecular weight excluding hydrogens is 272 g/mol. The van der Waals surface area contributed by atoms with Crippen LogP contribution in [-0.2, 0) is 17.6 Å². The van der Waals surface area contributed by atoms with Crippen LogP contribution in [0.25, 0.3) is 10.2 Å². The van der Waals surface area contributed by atoms with Gasteiger partial charge < -0.3 is 10.2 Å². The third-order valence-electron chi connectivity index (χ3n) is 4.28. The van der Waals surface area contributed by atoms with Crippen LogP contribution in [0.4, 0.5) is 5.82 Å². The van der Waals surface area contributed by atoms with E-state index in [1.165, 1.54) is 29.7 Å². The minimum absolute atomic E-state index is 0.00319. The number of aromatic nitrogens is 2. The first-order valence-electron chi connectivity index (χ1n) is 7.13. The maximum atomic E-state index is 5.69. The number of fused-ring (bicyclic) bond motifs is 3. The van der Waals surface area contributed by atoms with Gasteiger partial charge in [-0.3, -0.25) is 0 Å². The largest absolute Gasteiger partial charge is 0.373 e. The van der Waals surface area contributed by atoms with Gasteiger partial charge in [0.05, 0.1) is 5.39 Å². The van der Waals surface area contributed by atoms with Crippen molar-refractivity contribution < 1.29 is 4.74 Å². The van der Waals surface area contributed by atoms with Crippen molar-refractivity contribution in [1.82, 2.24) is 9.97 Å². The van der Waals surface area contributed by atoms with E-state index in [0.29, 0.717) is 5.92 Å². The fourth-order valence-corrected chi connectivity index (χ4v) is 4.42. The molecule has 1 fully saturated rings. The SMILES string of the molecule is COC(c1nc(NN)c2c3c(sc2n1)CCC3)C1CC1. The summed E-state index contributed by atoms with van der Waals surface area (Å²) in [5.41, 5.74) is 4.16. The van der Waals surface area contributed by atoms with Gasteiger partial charge in [0.15, 0.2) is 11.6 Å². The summed E-state index contributed by atoms with van der Waals surface area (Å²) in [6.07, 6.45) is 5.91. The zero-order valence-electron chi connectivity index (χ0n) is 11.5. The van der Waals surface area contributed by atoms with Crippen molar-refractivity contribution in [2.24, 2.45) is 11.8 Å². The Balaban J connectivity index is 1.88. The molecule has 20 heavy (non-hydrogen) atoms. The maximum absolute atomic E-state index is 5.69. The molecule has 2 aromatic rings. The van der Waals surface area contributed by atoms with Gasteiger partial charge in [-0.15, -0.1) is 11.3 Å². The van der Waals surface area contributed by atoms with Gasteiger partial charge in [0, 0.05) is 12.0 Å². The van der Waals surface area contributed by atoms with E-state index in [2.05, 4.69) is 10.4 Å². The Bertz CT molecular complexity index is 665. The molecule has 106 valence electrons. The summed E-state index contributed by atoms with van der Waals surface area (Å²) in [5.74, 6) is 7.79. The number of rotatable bonds is 4. The van der Waals surface area contributed by atoms with Gasteiger partial charge in [-0.1, -0.05) is 0 Å². The quantitative estimate of drug-likeness (QED) is 0.669. The topological polar surface area (TPSA) is 73.1 Å². The van der Waals surface area contributed by atoms with Gasteiger partial charge >= 0.3 is 0 Å². The summed E-state index contributed by atoms with van der Waals surface area (Å²) in [4.78, 5) is 11.9. The number of ether oxygens (including phenoxy) is 1. The molecule has 1 unspecified atom stereocenters. The molecule has 6 heteroatoms. The highest BCUT2D eigenvalue weighted by Gasteiger charge is 2.35. The number of thiophene rings is 1. The lowest BCUT2D eigenvalue weighted by molar-refractivity contribution is 0.0776. The second-order valence-electron chi connectivity index (χ2n) is 5.61. The highest BCUT2D eigenvalue weighted by atomic mass is 32.1. The molecule has 2 aromatic heterocycles. The van der Waals surface area contributed by atoms with E-state index in [1.54, 1.807) is 18.4 Å². The molecule has 1 atom stereocenters. The summed E-state index contributed by atoms with van der Waals surface area (Å²) in [7, 11) is 1.74. The van der Waals surface area contributed by atoms with Crippen molar-refractivity contribution in [3.63, 3.8) is 0 Å². The van der Waals surface area contributed by atoms with E-state index in [4.69, 9.17) is 15.6 Å². The van der Waals surface area contributed by atoms with Gasteiger partial charge in [0.1, 0.15) is 10.9 Å². The molecule has 2 aliphatic carbocycles. The average Bonchev–Trinajstić information content (AvgIpc) is 3.07. The number of hydrogen-bond donors (Lipinski definition) is 2. The Hall–Kier alpha value is -1.24. The Morgan fingerprint density at radius 2 is 2.20 bits per heavy atom. The Labute approximate surface area is 121 Å². The number of nitrogens with one attached hydrogen (secondary N) is 1. The van der Waals surface area contributed by atoms with Crippen LogP contribution >= 0.6 is 11.3 Å². The second-order valence-corrected chi connectivity index (χ2v) is 6.69. The lowest BCUT2D eigenvalue weighted by Crippen LogP contribution is -2.14. The number of nitrogen functional groups attached to an aromatic ring is 1. The molecule has 0 amide bonds. The monoisotopic (exact) mass is 290 g/mol. The van der Waals surface area contributed by atoms with E-state index >= 15 is 0 Å². The van der Waals surface area contributed by atoms with Gasteiger partial charge in [-0.2, -0.15) is 0 Å². The van der Waals surface area contributed by atoms with Crippen LogP contribution < -0.4 is 11.3 Å². The van der Waals surface area contributed by atoms with Crippen LogP contribution in [0, 0.1) is 5.92 Å². The molecule has 2 heterocycles. The molecule has 3 N–H and O–H groups in total. The van der Waals surface area contributed by atoms with E-state index in [0.717, 1.165) is 34.7 Å². The Morgan fingerprint density at radius 1 is 1.35 bits per heavy atom. The highest BCUT2D eigenvalue weighted by Crippen LogP contribution is 2.44. The smallest absolute Gasteiger partial charge is 0.161 e. The normalized spacial score (nSPS) is 19.3. The number of nitrogens with zero attached hydrogens (tertiary/aromatic N) is 2. The van der Waals surface area contributed by atoms with Crippen molar-refractivity contribution in [3.05, 3.63) is 16.3 Å². The van der Waals surface area contributed by atoms with Crippen LogP contribution in [0.15, 0.2) is 0 Å². The molecule has 0 aromatic carbocycles. The first kappa shape index (κ1) is 12.5. The number of aryl methyl sites for hydroxylation is 2. The van der Waals surface area contributed by atoms with E-state index in [1.807, 2.05) is 0 Å². The predicted molar refractivity (Wildman–Crippen MR) is 79.7 cm³/mol. The molecule has 0 aliphatic heterocycles. The summed E-state index contributed by atoms with van der Waals surface area (Å²) in [5, 5.41) is 1.12. The molecule has 0 saturated heterocycles. The number of methoxy groups -OCH3 is 1. The van der Waals surface area contributed by atoms with Crippen molar-refractivity contribution in [2.45, 2.75) is 38.2 Å². The Morgan fingerprint density at radius 3 is 2.90 bits per heavy atom. The molecule has 0 bridgehead atoms. The third kappa shape index (κ3) is 1.82. The zero-order valence-corrected chi connectivity index (χ0v) is 12.3.